The molecule has 1 atom stereocenters. The minimum atomic E-state index is -0.155. The molecule has 92 valence electrons. The van der Waals surface area contributed by atoms with Crippen molar-refractivity contribution in [3.63, 3.8) is 0 Å². The molecule has 0 radical (unpaired) electrons. The van der Waals surface area contributed by atoms with Gasteiger partial charge in [-0.25, -0.2) is 4.39 Å². The molecular formula is C15H20FN. The summed E-state index contributed by atoms with van der Waals surface area (Å²) in [6.45, 7) is 1.78. The zero-order valence-corrected chi connectivity index (χ0v) is 10.4. The number of hydrogen-bond acceptors (Lipinski definition) is 1. The summed E-state index contributed by atoms with van der Waals surface area (Å²) >= 11 is 0. The van der Waals surface area contributed by atoms with Crippen LogP contribution in [0, 0.1) is 12.7 Å². The van der Waals surface area contributed by atoms with Crippen LogP contribution in [0.3, 0.4) is 0 Å². The van der Waals surface area contributed by atoms with Crippen molar-refractivity contribution in [2.75, 3.05) is 0 Å². The lowest BCUT2D eigenvalue weighted by Gasteiger charge is -2.18. The molecule has 0 aromatic heterocycles. The molecule has 1 aliphatic rings. The van der Waals surface area contributed by atoms with E-state index in [1.807, 2.05) is 6.07 Å². The van der Waals surface area contributed by atoms with Crippen molar-refractivity contribution < 1.29 is 4.39 Å². The highest BCUT2D eigenvalue weighted by atomic mass is 19.1. The fourth-order valence-corrected chi connectivity index (χ4v) is 2.39. The molecule has 0 fully saturated rings. The van der Waals surface area contributed by atoms with Crippen LogP contribution in [0.2, 0.25) is 0 Å². The van der Waals surface area contributed by atoms with Gasteiger partial charge in [-0.3, -0.25) is 0 Å². The van der Waals surface area contributed by atoms with Crippen LogP contribution in [0.4, 0.5) is 4.39 Å². The molecule has 0 spiro atoms. The third kappa shape index (κ3) is 3.16. The Bertz CT molecular complexity index is 423. The number of aryl methyl sites for hydroxylation is 1. The van der Waals surface area contributed by atoms with E-state index >= 15 is 0 Å². The van der Waals surface area contributed by atoms with Crippen molar-refractivity contribution in [2.45, 2.75) is 45.1 Å². The summed E-state index contributed by atoms with van der Waals surface area (Å²) in [5, 5.41) is 0. The Hall–Kier alpha value is -1.15. The molecule has 0 saturated carbocycles. The second-order valence-electron chi connectivity index (χ2n) is 4.93. The van der Waals surface area contributed by atoms with Crippen molar-refractivity contribution in [1.29, 1.82) is 0 Å². The Kier molecular flexibility index (Phi) is 3.95. The zero-order chi connectivity index (χ0) is 12.3. The lowest BCUT2D eigenvalue weighted by molar-refractivity contribution is 0.609. The molecule has 1 aromatic rings. The van der Waals surface area contributed by atoms with E-state index in [9.17, 15) is 4.39 Å². The molecule has 1 aromatic carbocycles. The molecule has 2 rings (SSSR count). The lowest BCUT2D eigenvalue weighted by Crippen LogP contribution is -2.12. The van der Waals surface area contributed by atoms with Crippen molar-refractivity contribution in [2.24, 2.45) is 5.73 Å². The van der Waals surface area contributed by atoms with Crippen LogP contribution in [-0.4, -0.2) is 0 Å². The summed E-state index contributed by atoms with van der Waals surface area (Å²) in [5.74, 6) is -0.155. The second-order valence-corrected chi connectivity index (χ2v) is 4.93. The Labute approximate surface area is 103 Å². The van der Waals surface area contributed by atoms with Gasteiger partial charge in [-0.05, 0) is 56.2 Å². The molecule has 1 nitrogen and oxygen atoms in total. The summed E-state index contributed by atoms with van der Waals surface area (Å²) in [6.07, 6.45) is 8.17. The van der Waals surface area contributed by atoms with Gasteiger partial charge in [-0.15, -0.1) is 0 Å². The first-order chi connectivity index (χ1) is 8.16. The monoisotopic (exact) mass is 233 g/mol. The summed E-state index contributed by atoms with van der Waals surface area (Å²) < 4.78 is 13.2. The summed E-state index contributed by atoms with van der Waals surface area (Å²) in [7, 11) is 0. The SMILES string of the molecule is Cc1cc(C(N)CC2=CCCCC2)ccc1F. The Balaban J connectivity index is 2.06. The highest BCUT2D eigenvalue weighted by Crippen LogP contribution is 2.26. The van der Waals surface area contributed by atoms with E-state index in [2.05, 4.69) is 6.08 Å². The standard InChI is InChI=1S/C15H20FN/c1-11-9-13(7-8-14(11)16)15(17)10-12-5-3-2-4-6-12/h5,7-9,15H,2-4,6,10,17H2,1H3. The summed E-state index contributed by atoms with van der Waals surface area (Å²) in [4.78, 5) is 0. The van der Waals surface area contributed by atoms with E-state index in [1.54, 1.807) is 13.0 Å². The fraction of sp³-hybridized carbons (Fsp3) is 0.467. The van der Waals surface area contributed by atoms with E-state index in [0.29, 0.717) is 5.56 Å². The number of nitrogens with two attached hydrogens (primary N) is 1. The van der Waals surface area contributed by atoms with Crippen molar-refractivity contribution in [3.05, 3.63) is 46.8 Å². The first-order valence-corrected chi connectivity index (χ1v) is 6.36. The molecule has 17 heavy (non-hydrogen) atoms. The molecule has 0 heterocycles. The molecule has 0 bridgehead atoms. The summed E-state index contributed by atoms with van der Waals surface area (Å²) in [6, 6.07) is 5.18. The van der Waals surface area contributed by atoms with Crippen molar-refractivity contribution in [1.82, 2.24) is 0 Å². The predicted molar refractivity (Wildman–Crippen MR) is 69.2 cm³/mol. The van der Waals surface area contributed by atoms with Crippen molar-refractivity contribution >= 4 is 0 Å². The van der Waals surface area contributed by atoms with Crippen LogP contribution in [0.25, 0.3) is 0 Å². The van der Waals surface area contributed by atoms with Gasteiger partial charge in [0.2, 0.25) is 0 Å². The molecule has 2 heteroatoms. The maximum Gasteiger partial charge on any atom is 0.126 e. The van der Waals surface area contributed by atoms with E-state index in [4.69, 9.17) is 5.73 Å². The minimum absolute atomic E-state index is 0.00125. The van der Waals surface area contributed by atoms with Crippen LogP contribution in [0.5, 0.6) is 0 Å². The van der Waals surface area contributed by atoms with Gasteiger partial charge in [-0.1, -0.05) is 23.8 Å². The smallest absolute Gasteiger partial charge is 0.126 e. The number of hydrogen-bond donors (Lipinski definition) is 1. The molecule has 0 saturated heterocycles. The van der Waals surface area contributed by atoms with E-state index in [0.717, 1.165) is 12.0 Å². The number of rotatable bonds is 3. The van der Waals surface area contributed by atoms with Crippen LogP contribution in [-0.2, 0) is 0 Å². The average molecular weight is 233 g/mol. The average Bonchev–Trinajstić information content (AvgIpc) is 2.34. The van der Waals surface area contributed by atoms with Crippen LogP contribution in [0.1, 0.15) is 49.3 Å². The van der Waals surface area contributed by atoms with Gasteiger partial charge in [0.15, 0.2) is 0 Å². The maximum absolute atomic E-state index is 13.2. The molecule has 1 aliphatic carbocycles. The van der Waals surface area contributed by atoms with Gasteiger partial charge in [0.05, 0.1) is 0 Å². The second kappa shape index (κ2) is 5.46. The first kappa shape index (κ1) is 12.3. The third-order valence-electron chi connectivity index (χ3n) is 3.48. The van der Waals surface area contributed by atoms with Crippen LogP contribution in [0.15, 0.2) is 29.8 Å². The largest absolute Gasteiger partial charge is 0.324 e. The fourth-order valence-electron chi connectivity index (χ4n) is 2.39. The number of benzene rings is 1. The normalized spacial score (nSPS) is 17.7. The Morgan fingerprint density at radius 3 is 2.82 bits per heavy atom. The number of allylic oxidation sites excluding steroid dienone is 1. The molecule has 1 unspecified atom stereocenters. The highest BCUT2D eigenvalue weighted by Gasteiger charge is 2.12. The summed E-state index contributed by atoms with van der Waals surface area (Å²) in [5.41, 5.74) is 9.36. The Morgan fingerprint density at radius 1 is 1.35 bits per heavy atom. The molecule has 0 amide bonds. The third-order valence-corrected chi connectivity index (χ3v) is 3.48. The van der Waals surface area contributed by atoms with Gasteiger partial charge >= 0.3 is 0 Å². The molecular weight excluding hydrogens is 213 g/mol. The van der Waals surface area contributed by atoms with Crippen molar-refractivity contribution in [3.8, 4) is 0 Å². The van der Waals surface area contributed by atoms with E-state index < -0.39 is 0 Å². The highest BCUT2D eigenvalue weighted by molar-refractivity contribution is 5.27. The minimum Gasteiger partial charge on any atom is -0.324 e. The van der Waals surface area contributed by atoms with Gasteiger partial charge in [0.1, 0.15) is 5.82 Å². The van der Waals surface area contributed by atoms with Gasteiger partial charge in [-0.2, -0.15) is 0 Å². The van der Waals surface area contributed by atoms with Gasteiger partial charge in [0.25, 0.3) is 0 Å². The first-order valence-electron chi connectivity index (χ1n) is 6.36. The van der Waals surface area contributed by atoms with Gasteiger partial charge in [0, 0.05) is 6.04 Å². The molecule has 0 aliphatic heterocycles. The Morgan fingerprint density at radius 2 is 2.18 bits per heavy atom. The quantitative estimate of drug-likeness (QED) is 0.784. The maximum atomic E-state index is 13.2. The molecule has 2 N–H and O–H groups in total. The zero-order valence-electron chi connectivity index (χ0n) is 10.4. The topological polar surface area (TPSA) is 26.0 Å². The van der Waals surface area contributed by atoms with Crippen LogP contribution >= 0.6 is 0 Å². The van der Waals surface area contributed by atoms with E-state index in [-0.39, 0.29) is 11.9 Å². The number of halogens is 1. The van der Waals surface area contributed by atoms with Crippen LogP contribution < -0.4 is 5.73 Å². The van der Waals surface area contributed by atoms with E-state index in [1.165, 1.54) is 37.3 Å². The van der Waals surface area contributed by atoms with Gasteiger partial charge < -0.3 is 5.73 Å². The lowest BCUT2D eigenvalue weighted by atomic mass is 9.91. The predicted octanol–water partition coefficient (Wildman–Crippen LogP) is 4.02.